The molecule has 0 aliphatic carbocycles. The molecule has 2 N–H and O–H groups in total. The van der Waals surface area contributed by atoms with Crippen molar-refractivity contribution >= 4 is 35.2 Å². The number of imide groups is 1. The van der Waals surface area contributed by atoms with E-state index in [1.54, 1.807) is 0 Å². The highest BCUT2D eigenvalue weighted by atomic mass is 35.5. The largest absolute Gasteiger partial charge is 0.349 e. The van der Waals surface area contributed by atoms with Crippen molar-refractivity contribution in [2.24, 2.45) is 0 Å². The van der Waals surface area contributed by atoms with Gasteiger partial charge in [0, 0.05) is 37.0 Å². The summed E-state index contributed by atoms with van der Waals surface area (Å²) in [5.41, 5.74) is -0.667. The first-order valence-corrected chi connectivity index (χ1v) is 9.71. The van der Waals surface area contributed by atoms with Crippen LogP contribution in [0.25, 0.3) is 0 Å². The average Bonchev–Trinajstić information content (AvgIpc) is 3.21. The number of fused-ring (bicyclic) bond motifs is 1. The number of nitrogens with zero attached hydrogens (tertiary/aromatic N) is 1. The molecule has 3 atom stereocenters. The molecule has 7 nitrogen and oxygen atoms in total. The molecule has 4 amide bonds. The van der Waals surface area contributed by atoms with Gasteiger partial charge in [-0.2, -0.15) is 8.78 Å². The van der Waals surface area contributed by atoms with Crippen molar-refractivity contribution in [3.05, 3.63) is 69.7 Å². The van der Waals surface area contributed by atoms with Crippen molar-refractivity contribution in [3.8, 4) is 0 Å². The van der Waals surface area contributed by atoms with Crippen LogP contribution in [0.2, 0.25) is 7.85 Å². The molecular formula is C22H18ClF2N3O4. The van der Waals surface area contributed by atoms with E-state index in [-0.39, 0.29) is 32.3 Å². The van der Waals surface area contributed by atoms with Gasteiger partial charge in [-0.3, -0.25) is 24.5 Å². The first kappa shape index (κ1) is 16.3. The summed E-state index contributed by atoms with van der Waals surface area (Å²) < 4.78 is 69.7. The minimum atomic E-state index is -4.13. The van der Waals surface area contributed by atoms with Crippen molar-refractivity contribution in [2.45, 2.75) is 37.8 Å². The fourth-order valence-corrected chi connectivity index (χ4v) is 3.45. The SMILES string of the molecule is [2H]C(c1ccc2c(c1)CN(C1([2H])C(=O)N([2H])C(=O)CC1[2H])C2=O)N([2H])C(=O)C(F)(F)c1ccc(Cl)cc1. The standard InChI is InChI=1S/C22H18ClF2N3O4/c23-15-4-2-14(3-5-15)22(24,25)21(32)26-10-12-1-6-16-13(9-12)11-28(20(16)31)17-7-8-18(29)27-19(17)30/h1-6,9,17H,7-8,10-11H2,(H,26,32)(H,27,29,30)/i7D,10D,17D/hD2. The second-order valence-corrected chi connectivity index (χ2v) is 7.49. The van der Waals surface area contributed by atoms with Crippen LogP contribution in [0.5, 0.6) is 0 Å². The van der Waals surface area contributed by atoms with E-state index in [2.05, 4.69) is 0 Å². The summed E-state index contributed by atoms with van der Waals surface area (Å²) in [4.78, 5) is 50.4. The number of benzene rings is 2. The number of piperidine rings is 1. The number of hydrogen-bond acceptors (Lipinski definition) is 4. The fourth-order valence-electron chi connectivity index (χ4n) is 3.33. The van der Waals surface area contributed by atoms with E-state index in [1.165, 1.54) is 18.2 Å². The third-order valence-electron chi connectivity index (χ3n) is 4.95. The van der Waals surface area contributed by atoms with Crippen LogP contribution in [0.4, 0.5) is 8.78 Å². The van der Waals surface area contributed by atoms with Gasteiger partial charge in [0.25, 0.3) is 11.8 Å². The van der Waals surface area contributed by atoms with Crippen LogP contribution in [-0.4, -0.2) is 34.5 Å². The Morgan fingerprint density at radius 1 is 1.34 bits per heavy atom. The first-order valence-electron chi connectivity index (χ1n) is 11.9. The molecular weight excluding hydrogens is 444 g/mol. The predicted molar refractivity (Wildman–Crippen MR) is 110 cm³/mol. The van der Waals surface area contributed by atoms with Crippen LogP contribution in [0.3, 0.4) is 0 Å². The highest BCUT2D eigenvalue weighted by Gasteiger charge is 2.41. The highest BCUT2D eigenvalue weighted by Crippen LogP contribution is 2.30. The number of amides is 4. The molecule has 10 heteroatoms. The lowest BCUT2D eigenvalue weighted by Crippen LogP contribution is -2.52. The third kappa shape index (κ3) is 4.08. The third-order valence-corrected chi connectivity index (χ3v) is 5.20. The second-order valence-electron chi connectivity index (χ2n) is 7.06. The maximum absolute atomic E-state index is 14.7. The van der Waals surface area contributed by atoms with Gasteiger partial charge in [0.2, 0.25) is 11.8 Å². The lowest BCUT2D eigenvalue weighted by molar-refractivity contribution is -0.147. The summed E-state index contributed by atoms with van der Waals surface area (Å²) in [6.45, 7) is -2.33. The van der Waals surface area contributed by atoms with E-state index < -0.39 is 67.0 Å². The number of carbonyl (C=O) groups excluding carboxylic acids is 4. The highest BCUT2D eigenvalue weighted by molar-refractivity contribution is 6.30. The lowest BCUT2D eigenvalue weighted by atomic mass is 10.0. The molecule has 0 saturated carbocycles. The first-order chi connectivity index (χ1) is 17.2. The molecule has 1 saturated heterocycles. The normalized spacial score (nSPS) is 26.5. The van der Waals surface area contributed by atoms with E-state index in [1.807, 2.05) is 0 Å². The van der Waals surface area contributed by atoms with Crippen LogP contribution in [0.15, 0.2) is 42.5 Å². The van der Waals surface area contributed by atoms with Gasteiger partial charge >= 0.3 is 5.92 Å². The molecule has 0 radical (unpaired) electrons. The number of alkyl halides is 2. The fraction of sp³-hybridized carbons (Fsp3) is 0.273. The maximum Gasteiger partial charge on any atom is 0.349 e. The van der Waals surface area contributed by atoms with Gasteiger partial charge in [-0.1, -0.05) is 35.9 Å². The quantitative estimate of drug-likeness (QED) is 0.662. The van der Waals surface area contributed by atoms with E-state index in [0.717, 1.165) is 29.2 Å². The van der Waals surface area contributed by atoms with Crippen LogP contribution >= 0.6 is 11.6 Å². The number of carbonyl (C=O) groups is 4. The Bertz CT molecular complexity index is 1320. The van der Waals surface area contributed by atoms with Gasteiger partial charge in [-0.15, -0.1) is 0 Å². The number of nitrogens with one attached hydrogen (secondary N) is 2. The van der Waals surface area contributed by atoms with E-state index in [0.29, 0.717) is 0 Å². The van der Waals surface area contributed by atoms with Crippen LogP contribution in [-0.2, 0) is 33.4 Å². The summed E-state index contributed by atoms with van der Waals surface area (Å²) in [6.07, 6.45) is -2.29. The molecule has 1 fully saturated rings. The molecule has 0 spiro atoms. The Morgan fingerprint density at radius 3 is 2.78 bits per heavy atom. The summed E-state index contributed by atoms with van der Waals surface area (Å²) in [7, 11) is 0. The molecule has 0 bridgehead atoms. The summed E-state index contributed by atoms with van der Waals surface area (Å²) in [5, 5.41) is -0.0902. The molecule has 166 valence electrons. The predicted octanol–water partition coefficient (Wildman–Crippen LogP) is 2.51. The Kier molecular flexibility index (Phi) is 4.24. The molecule has 2 aliphatic heterocycles. The summed E-state index contributed by atoms with van der Waals surface area (Å²) in [6, 6.07) is 5.18. The minimum absolute atomic E-state index is 0.00893. The molecule has 3 unspecified atom stereocenters. The van der Waals surface area contributed by atoms with Gasteiger partial charge in [0.05, 0.1) is 2.74 Å². The van der Waals surface area contributed by atoms with Gasteiger partial charge in [-0.05, 0) is 35.7 Å². The lowest BCUT2D eigenvalue weighted by Gasteiger charge is -2.29. The Balaban J connectivity index is 1.58. The van der Waals surface area contributed by atoms with E-state index in [9.17, 15) is 28.0 Å². The van der Waals surface area contributed by atoms with Crippen molar-refractivity contribution in [1.82, 2.24) is 15.5 Å². The van der Waals surface area contributed by atoms with Crippen LogP contribution in [0.1, 0.15) is 44.0 Å². The Hall–Kier alpha value is -3.33. The minimum Gasteiger partial charge on any atom is -0.346 e. The van der Waals surface area contributed by atoms with Gasteiger partial charge in [-0.25, -0.2) is 0 Å². The van der Waals surface area contributed by atoms with Crippen LogP contribution in [0, 0.1) is 0 Å². The topological polar surface area (TPSA) is 95.6 Å². The number of halogens is 3. The van der Waals surface area contributed by atoms with Gasteiger partial charge in [0.1, 0.15) is 6.02 Å². The average molecular weight is 467 g/mol. The smallest absolute Gasteiger partial charge is 0.346 e. The van der Waals surface area contributed by atoms with Gasteiger partial charge in [0.15, 0.2) is 2.82 Å². The number of hydrogen-bond donors (Lipinski definition) is 2. The molecule has 4 rings (SSSR count). The zero-order valence-corrected chi connectivity index (χ0v) is 17.0. The Morgan fingerprint density at radius 2 is 2.06 bits per heavy atom. The molecule has 2 aromatic rings. The van der Waals surface area contributed by atoms with Crippen molar-refractivity contribution in [1.29, 1.82) is 0 Å². The summed E-state index contributed by atoms with van der Waals surface area (Å²) >= 11 is 5.69. The van der Waals surface area contributed by atoms with Gasteiger partial charge < -0.3 is 10.2 Å². The molecule has 2 heterocycles. The maximum atomic E-state index is 14.7. The van der Waals surface area contributed by atoms with E-state index in [4.69, 9.17) is 18.5 Å². The van der Waals surface area contributed by atoms with Crippen molar-refractivity contribution in [2.75, 3.05) is 0 Å². The zero-order valence-electron chi connectivity index (χ0n) is 21.2. The van der Waals surface area contributed by atoms with Crippen molar-refractivity contribution in [3.63, 3.8) is 0 Å². The Labute approximate surface area is 193 Å². The molecule has 2 aliphatic rings. The molecule has 2 aromatic carbocycles. The number of rotatable bonds is 5. The molecule has 32 heavy (non-hydrogen) atoms. The molecule has 0 aromatic heterocycles. The summed E-state index contributed by atoms with van der Waals surface area (Å²) in [5.74, 6) is -9.28. The van der Waals surface area contributed by atoms with Crippen LogP contribution < -0.4 is 10.6 Å². The van der Waals surface area contributed by atoms with Crippen molar-refractivity contribution < 1.29 is 34.9 Å². The monoisotopic (exact) mass is 466 g/mol. The van der Waals surface area contributed by atoms with E-state index >= 15 is 0 Å². The second kappa shape index (κ2) is 8.31. The zero-order chi connectivity index (χ0) is 27.4.